The Balaban J connectivity index is 0.000000381. The number of likely N-dealkylation sites (tertiary alicyclic amines) is 2. The summed E-state index contributed by atoms with van der Waals surface area (Å²) in [5.41, 5.74) is 0. The van der Waals surface area contributed by atoms with Crippen molar-refractivity contribution < 1.29 is 9.84 Å². The number of aliphatic hydroxyl groups excluding tert-OH is 1. The molecule has 140 valence electrons. The number of methoxy groups -OCH3 is 1. The lowest BCUT2D eigenvalue weighted by molar-refractivity contribution is 0.187. The van der Waals surface area contributed by atoms with Gasteiger partial charge in [-0.25, -0.2) is 0 Å². The number of hydrogen-bond donors (Lipinski definition) is 1. The van der Waals surface area contributed by atoms with E-state index in [0.29, 0.717) is 6.61 Å². The van der Waals surface area contributed by atoms with Gasteiger partial charge in [-0.05, 0) is 78.0 Å². The van der Waals surface area contributed by atoms with Gasteiger partial charge in [-0.2, -0.15) is 0 Å². The van der Waals surface area contributed by atoms with Crippen LogP contribution < -0.4 is 0 Å². The van der Waals surface area contributed by atoms with Gasteiger partial charge < -0.3 is 19.6 Å². The molecule has 2 heterocycles. The van der Waals surface area contributed by atoms with Gasteiger partial charge in [0, 0.05) is 32.9 Å². The molecule has 0 aromatic rings. The average molecular weight is 331 g/mol. The Kier molecular flexibility index (Phi) is 15.3. The van der Waals surface area contributed by atoms with Gasteiger partial charge in [0.1, 0.15) is 0 Å². The highest BCUT2D eigenvalue weighted by Gasteiger charge is 2.19. The maximum atomic E-state index is 8.59. The van der Waals surface area contributed by atoms with Crippen LogP contribution in [-0.2, 0) is 4.74 Å². The highest BCUT2D eigenvalue weighted by Crippen LogP contribution is 2.19. The molecule has 2 fully saturated rings. The minimum absolute atomic E-state index is 0.352. The van der Waals surface area contributed by atoms with Crippen LogP contribution >= 0.6 is 0 Å². The molecule has 0 aliphatic carbocycles. The Labute approximate surface area is 145 Å². The summed E-state index contributed by atoms with van der Waals surface area (Å²) in [5.74, 6) is 0.940. The predicted octanol–water partition coefficient (Wildman–Crippen LogP) is 3.24. The van der Waals surface area contributed by atoms with Crippen molar-refractivity contribution in [1.29, 1.82) is 0 Å². The fourth-order valence-corrected chi connectivity index (χ4v) is 3.45. The van der Waals surface area contributed by atoms with Crippen LogP contribution in [0.25, 0.3) is 0 Å². The van der Waals surface area contributed by atoms with Gasteiger partial charge in [0.25, 0.3) is 0 Å². The van der Waals surface area contributed by atoms with Crippen molar-refractivity contribution in [2.75, 3.05) is 54.1 Å². The minimum atomic E-state index is 0.352. The molecule has 0 amide bonds. The summed E-state index contributed by atoms with van der Waals surface area (Å²) in [6, 6.07) is 0.757. The van der Waals surface area contributed by atoms with Crippen LogP contribution in [-0.4, -0.2) is 75.0 Å². The summed E-state index contributed by atoms with van der Waals surface area (Å²) in [4.78, 5) is 4.81. The fourth-order valence-electron chi connectivity index (χ4n) is 3.45. The number of rotatable bonds is 7. The van der Waals surface area contributed by atoms with Gasteiger partial charge in [0.05, 0.1) is 0 Å². The highest BCUT2D eigenvalue weighted by molar-refractivity contribution is 4.75. The van der Waals surface area contributed by atoms with E-state index in [2.05, 4.69) is 23.9 Å². The fraction of sp³-hybridized carbons (Fsp3) is 1.00. The maximum Gasteiger partial charge on any atom is 0.0462 e. The molecule has 0 bridgehead atoms. The molecule has 2 aliphatic heterocycles. The Bertz CT molecular complexity index is 252. The maximum absolute atomic E-state index is 8.59. The second-order valence-electron chi connectivity index (χ2n) is 6.69. The molecule has 1 unspecified atom stereocenters. The van der Waals surface area contributed by atoms with E-state index in [4.69, 9.17) is 9.84 Å². The predicted molar refractivity (Wildman–Crippen MR) is 100 cm³/mol. The number of aliphatic hydroxyl groups is 1. The zero-order valence-corrected chi connectivity index (χ0v) is 16.4. The lowest BCUT2D eigenvalue weighted by atomic mass is 10.0. The monoisotopic (exact) mass is 330 g/mol. The number of hydrogen-bond acceptors (Lipinski definition) is 4. The molecule has 0 spiro atoms. The van der Waals surface area contributed by atoms with Crippen LogP contribution in [0.5, 0.6) is 0 Å². The van der Waals surface area contributed by atoms with Gasteiger partial charge in [-0.1, -0.05) is 13.8 Å². The molecule has 0 aromatic carbocycles. The van der Waals surface area contributed by atoms with E-state index in [1.54, 1.807) is 7.11 Å². The molecule has 4 heteroatoms. The SMILES string of the molecule is CC.CN1CCC[C@@H]1CCCO.COCCCC1CCN(C)C1. The molecule has 2 aliphatic rings. The quantitative estimate of drug-likeness (QED) is 0.727. The molecule has 4 nitrogen and oxygen atoms in total. The third kappa shape index (κ3) is 11.1. The van der Waals surface area contributed by atoms with E-state index < -0.39 is 0 Å². The van der Waals surface area contributed by atoms with Gasteiger partial charge in [-0.15, -0.1) is 0 Å². The first-order valence-electron chi connectivity index (χ1n) is 9.66. The Hall–Kier alpha value is -0.160. The summed E-state index contributed by atoms with van der Waals surface area (Å²) < 4.78 is 5.01. The first kappa shape index (κ1) is 22.8. The molecule has 0 aromatic heterocycles. The van der Waals surface area contributed by atoms with Gasteiger partial charge in [0.2, 0.25) is 0 Å². The number of nitrogens with zero attached hydrogens (tertiary/aromatic N) is 2. The largest absolute Gasteiger partial charge is 0.396 e. The van der Waals surface area contributed by atoms with Crippen LogP contribution in [0, 0.1) is 5.92 Å². The van der Waals surface area contributed by atoms with E-state index in [-0.39, 0.29) is 0 Å². The Morgan fingerprint density at radius 2 is 1.78 bits per heavy atom. The summed E-state index contributed by atoms with van der Waals surface area (Å²) in [7, 11) is 6.16. The van der Waals surface area contributed by atoms with Crippen molar-refractivity contribution in [3.8, 4) is 0 Å². The molecule has 0 saturated carbocycles. The van der Waals surface area contributed by atoms with Crippen molar-refractivity contribution >= 4 is 0 Å². The average Bonchev–Trinajstić information content (AvgIpc) is 3.17. The minimum Gasteiger partial charge on any atom is -0.396 e. The van der Waals surface area contributed by atoms with Gasteiger partial charge >= 0.3 is 0 Å². The number of ether oxygens (including phenoxy) is 1. The molecule has 2 rings (SSSR count). The lowest BCUT2D eigenvalue weighted by Crippen LogP contribution is -2.24. The summed E-state index contributed by atoms with van der Waals surface area (Å²) in [6.45, 7) is 9.11. The normalized spacial score (nSPS) is 24.8. The molecule has 2 atom stereocenters. The zero-order valence-electron chi connectivity index (χ0n) is 16.4. The van der Waals surface area contributed by atoms with Gasteiger partial charge in [0.15, 0.2) is 0 Å². The van der Waals surface area contributed by atoms with Crippen molar-refractivity contribution in [3.05, 3.63) is 0 Å². The van der Waals surface area contributed by atoms with Crippen molar-refractivity contribution in [2.24, 2.45) is 5.92 Å². The molecule has 0 radical (unpaired) electrons. The molecule has 23 heavy (non-hydrogen) atoms. The smallest absolute Gasteiger partial charge is 0.0462 e. The zero-order chi connectivity index (χ0) is 17.5. The third-order valence-electron chi connectivity index (χ3n) is 4.82. The standard InChI is InChI=1S/C9H19NO.C8H17NO.C2H6/c1-10-6-5-9(8-10)4-3-7-11-2;1-9-6-2-4-8(9)5-3-7-10;1-2/h9H,3-8H2,1-2H3;8,10H,2-7H2,1H3;1-2H3/t;8-;/m.1./s1. The molecule has 2 saturated heterocycles. The van der Waals surface area contributed by atoms with E-state index in [9.17, 15) is 0 Å². The van der Waals surface area contributed by atoms with Crippen molar-refractivity contribution in [1.82, 2.24) is 9.80 Å². The lowest BCUT2D eigenvalue weighted by Gasteiger charge is -2.18. The Morgan fingerprint density at radius 1 is 1.04 bits per heavy atom. The summed E-state index contributed by atoms with van der Waals surface area (Å²) >= 11 is 0. The van der Waals surface area contributed by atoms with Gasteiger partial charge in [-0.3, -0.25) is 0 Å². The van der Waals surface area contributed by atoms with Crippen LogP contribution in [0.2, 0.25) is 0 Å². The third-order valence-corrected chi connectivity index (χ3v) is 4.82. The summed E-state index contributed by atoms with van der Waals surface area (Å²) in [5, 5.41) is 8.59. The highest BCUT2D eigenvalue weighted by atomic mass is 16.5. The van der Waals surface area contributed by atoms with E-state index in [0.717, 1.165) is 25.0 Å². The van der Waals surface area contributed by atoms with E-state index in [1.807, 2.05) is 13.8 Å². The molecular weight excluding hydrogens is 288 g/mol. The molecular formula is C19H42N2O2. The second-order valence-corrected chi connectivity index (χ2v) is 6.69. The van der Waals surface area contributed by atoms with E-state index in [1.165, 1.54) is 58.2 Å². The Morgan fingerprint density at radius 3 is 2.26 bits per heavy atom. The first-order valence-corrected chi connectivity index (χ1v) is 9.66. The topological polar surface area (TPSA) is 35.9 Å². The van der Waals surface area contributed by atoms with E-state index >= 15 is 0 Å². The summed E-state index contributed by atoms with van der Waals surface area (Å²) in [6.07, 6.45) is 8.78. The van der Waals surface area contributed by atoms with Crippen molar-refractivity contribution in [2.45, 2.75) is 64.8 Å². The first-order chi connectivity index (χ1) is 11.2. The van der Waals surface area contributed by atoms with Crippen LogP contribution in [0.4, 0.5) is 0 Å². The molecule has 1 N–H and O–H groups in total. The van der Waals surface area contributed by atoms with Crippen LogP contribution in [0.15, 0.2) is 0 Å². The van der Waals surface area contributed by atoms with Crippen molar-refractivity contribution in [3.63, 3.8) is 0 Å². The second kappa shape index (κ2) is 15.4. The van der Waals surface area contributed by atoms with Crippen LogP contribution in [0.1, 0.15) is 58.8 Å². The van der Waals surface area contributed by atoms with Crippen LogP contribution in [0.3, 0.4) is 0 Å².